The van der Waals surface area contributed by atoms with Gasteiger partial charge in [-0.2, -0.15) is 31.4 Å². The summed E-state index contributed by atoms with van der Waals surface area (Å²) in [6, 6.07) is 4.31. The van der Waals surface area contributed by atoms with Gasteiger partial charge in [0.2, 0.25) is 0 Å². The van der Waals surface area contributed by atoms with Gasteiger partial charge >= 0.3 is 12.4 Å². The van der Waals surface area contributed by atoms with Gasteiger partial charge in [0.15, 0.2) is 10.7 Å². The number of halogens is 7. The lowest BCUT2D eigenvalue weighted by Crippen LogP contribution is -2.18. The van der Waals surface area contributed by atoms with E-state index < -0.39 is 40.7 Å². The maximum Gasteiger partial charge on any atom is 0.435 e. The van der Waals surface area contributed by atoms with Gasteiger partial charge in [-0.05, 0) is 12.1 Å². The zero-order chi connectivity index (χ0) is 22.6. The van der Waals surface area contributed by atoms with Crippen LogP contribution in [0, 0.1) is 0 Å². The highest BCUT2D eigenvalue weighted by Gasteiger charge is 2.38. The first kappa shape index (κ1) is 21.3. The molecule has 0 saturated carbocycles. The Hall–Kier alpha value is -2.93. The van der Waals surface area contributed by atoms with Gasteiger partial charge in [0.25, 0.3) is 5.56 Å². The number of nitrogens with zero attached hydrogens (tertiary/aromatic N) is 5. The first-order chi connectivity index (χ1) is 14.4. The van der Waals surface area contributed by atoms with E-state index >= 15 is 0 Å². The van der Waals surface area contributed by atoms with Crippen LogP contribution in [0.5, 0.6) is 0 Å². The van der Waals surface area contributed by atoms with Gasteiger partial charge in [-0.25, -0.2) is 9.67 Å². The number of aromatic nitrogens is 5. The average molecular weight is 480 g/mol. The number of pyridine rings is 1. The van der Waals surface area contributed by atoms with Crippen molar-refractivity contribution >= 4 is 27.9 Å². The molecule has 0 saturated heterocycles. The molecule has 0 spiro atoms. The second kappa shape index (κ2) is 7.34. The Bertz CT molecular complexity index is 1330. The number of fused-ring (bicyclic) bond motifs is 1. The Labute approximate surface area is 177 Å². The van der Waals surface area contributed by atoms with Gasteiger partial charge in [-0.3, -0.25) is 14.2 Å². The van der Waals surface area contributed by atoms with Crippen LogP contribution in [-0.2, 0) is 18.9 Å². The van der Waals surface area contributed by atoms with Crippen LogP contribution < -0.4 is 5.56 Å². The predicted molar refractivity (Wildman–Crippen MR) is 98.9 cm³/mol. The van der Waals surface area contributed by atoms with Crippen molar-refractivity contribution in [3.05, 3.63) is 68.4 Å². The van der Waals surface area contributed by atoms with Gasteiger partial charge in [-0.1, -0.05) is 22.9 Å². The third-order valence-corrected chi connectivity index (χ3v) is 5.49. The summed E-state index contributed by atoms with van der Waals surface area (Å²) >= 11 is 6.00. The fourth-order valence-corrected chi connectivity index (χ4v) is 4.10. The molecule has 0 radical (unpaired) electrons. The molecule has 14 heteroatoms. The van der Waals surface area contributed by atoms with E-state index in [1.54, 1.807) is 0 Å². The molecule has 0 atom stereocenters. The fraction of sp³-hybridized carbons (Fsp3) is 0.176. The van der Waals surface area contributed by atoms with Crippen LogP contribution in [0.3, 0.4) is 0 Å². The Morgan fingerprint density at radius 2 is 1.84 bits per heavy atom. The number of thiazole rings is 1. The molecule has 0 aliphatic carbocycles. The van der Waals surface area contributed by atoms with Crippen LogP contribution in [0.15, 0.2) is 41.5 Å². The van der Waals surface area contributed by atoms with E-state index in [-0.39, 0.29) is 32.7 Å². The van der Waals surface area contributed by atoms with Crippen molar-refractivity contribution in [3.8, 4) is 11.3 Å². The highest BCUT2D eigenvalue weighted by atomic mass is 35.5. The average Bonchev–Trinajstić information content (AvgIpc) is 3.24. The molecule has 4 rings (SSSR count). The van der Waals surface area contributed by atoms with E-state index in [1.165, 1.54) is 24.5 Å². The third kappa shape index (κ3) is 4.02. The first-order valence-corrected chi connectivity index (χ1v) is 9.48. The standard InChI is InChI=1S/C17H8ClF6N5OS/c18-11-5-10(16(19,20)21)27-28(11)7-9-4-12(30)29-13(8-2-1-3-25-6-8)14(17(22,23)24)31-15(29)26-9/h1-6H,7H2. The van der Waals surface area contributed by atoms with Gasteiger partial charge < -0.3 is 0 Å². The van der Waals surface area contributed by atoms with Crippen LogP contribution in [0.25, 0.3) is 16.2 Å². The maximum absolute atomic E-state index is 13.6. The lowest BCUT2D eigenvalue weighted by Gasteiger charge is -2.08. The van der Waals surface area contributed by atoms with Crippen LogP contribution in [0.1, 0.15) is 16.3 Å². The number of rotatable bonds is 3. The summed E-state index contributed by atoms with van der Waals surface area (Å²) in [5.41, 5.74) is -2.55. The Balaban J connectivity index is 1.85. The quantitative estimate of drug-likeness (QED) is 0.398. The Kier molecular flexibility index (Phi) is 5.04. The molecule has 0 aliphatic rings. The summed E-state index contributed by atoms with van der Waals surface area (Å²) in [4.78, 5) is 19.1. The largest absolute Gasteiger partial charge is 0.435 e. The highest BCUT2D eigenvalue weighted by molar-refractivity contribution is 7.17. The smallest absolute Gasteiger partial charge is 0.269 e. The van der Waals surface area contributed by atoms with E-state index in [4.69, 9.17) is 11.6 Å². The SMILES string of the molecule is O=c1cc(Cn2nc(C(F)(F)F)cc2Cl)nc2sc(C(F)(F)F)c(-c3cccnc3)n12. The fourth-order valence-electron chi connectivity index (χ4n) is 2.85. The third-order valence-electron chi connectivity index (χ3n) is 4.10. The molecule has 4 aromatic heterocycles. The topological polar surface area (TPSA) is 65.1 Å². The van der Waals surface area contributed by atoms with Crippen LogP contribution in [0.4, 0.5) is 26.3 Å². The highest BCUT2D eigenvalue weighted by Crippen LogP contribution is 2.41. The summed E-state index contributed by atoms with van der Waals surface area (Å²) in [5, 5.41) is 2.95. The summed E-state index contributed by atoms with van der Waals surface area (Å²) in [6.07, 6.45) is -6.96. The minimum Gasteiger partial charge on any atom is -0.269 e. The molecular weight excluding hydrogens is 472 g/mol. The first-order valence-electron chi connectivity index (χ1n) is 8.29. The molecule has 4 heterocycles. The second-order valence-corrected chi connectivity index (χ2v) is 7.60. The monoisotopic (exact) mass is 479 g/mol. The maximum atomic E-state index is 13.6. The molecule has 0 bridgehead atoms. The molecule has 162 valence electrons. The molecule has 0 N–H and O–H groups in total. The van der Waals surface area contributed by atoms with E-state index in [0.29, 0.717) is 6.07 Å². The van der Waals surface area contributed by atoms with Crippen molar-refractivity contribution in [3.63, 3.8) is 0 Å². The van der Waals surface area contributed by atoms with Crippen molar-refractivity contribution in [2.75, 3.05) is 0 Å². The van der Waals surface area contributed by atoms with E-state index in [9.17, 15) is 31.1 Å². The second-order valence-electron chi connectivity index (χ2n) is 6.23. The molecule has 0 fully saturated rings. The molecule has 6 nitrogen and oxygen atoms in total. The molecular formula is C17H8ClF6N5OS. The summed E-state index contributed by atoms with van der Waals surface area (Å²) in [5.74, 6) is 0. The van der Waals surface area contributed by atoms with Crippen LogP contribution in [-0.4, -0.2) is 24.1 Å². The molecule has 4 aromatic rings. The predicted octanol–water partition coefficient (Wildman–Crippen LogP) is 4.75. The lowest BCUT2D eigenvalue weighted by atomic mass is 10.2. The zero-order valence-electron chi connectivity index (χ0n) is 14.9. The molecule has 31 heavy (non-hydrogen) atoms. The number of hydrogen-bond acceptors (Lipinski definition) is 5. The molecule has 0 aromatic carbocycles. The van der Waals surface area contributed by atoms with Gasteiger partial charge in [0.1, 0.15) is 10.0 Å². The summed E-state index contributed by atoms with van der Waals surface area (Å²) < 4.78 is 80.8. The number of alkyl halides is 6. The summed E-state index contributed by atoms with van der Waals surface area (Å²) in [6.45, 7) is -0.442. The normalized spacial score (nSPS) is 12.6. The van der Waals surface area contributed by atoms with Crippen LogP contribution >= 0.6 is 22.9 Å². The lowest BCUT2D eigenvalue weighted by molar-refractivity contribution is -0.141. The Morgan fingerprint density at radius 3 is 2.42 bits per heavy atom. The zero-order valence-corrected chi connectivity index (χ0v) is 16.4. The minimum absolute atomic E-state index is 0.0580. The molecule has 0 aliphatic heterocycles. The van der Waals surface area contributed by atoms with Crippen molar-refractivity contribution in [1.82, 2.24) is 24.1 Å². The van der Waals surface area contributed by atoms with Crippen molar-refractivity contribution in [1.29, 1.82) is 0 Å². The minimum atomic E-state index is -4.77. The van der Waals surface area contributed by atoms with Gasteiger partial charge in [-0.15, -0.1) is 0 Å². The van der Waals surface area contributed by atoms with Crippen molar-refractivity contribution < 1.29 is 26.3 Å². The molecule has 0 amide bonds. The van der Waals surface area contributed by atoms with E-state index in [0.717, 1.165) is 15.1 Å². The van der Waals surface area contributed by atoms with E-state index in [1.807, 2.05) is 0 Å². The summed E-state index contributed by atoms with van der Waals surface area (Å²) in [7, 11) is 0. The Morgan fingerprint density at radius 1 is 1.10 bits per heavy atom. The van der Waals surface area contributed by atoms with Gasteiger partial charge in [0.05, 0.1) is 17.9 Å². The van der Waals surface area contributed by atoms with Crippen molar-refractivity contribution in [2.24, 2.45) is 0 Å². The van der Waals surface area contributed by atoms with Crippen molar-refractivity contribution in [2.45, 2.75) is 18.9 Å². The van der Waals surface area contributed by atoms with E-state index in [2.05, 4.69) is 15.1 Å². The van der Waals surface area contributed by atoms with Crippen LogP contribution in [0.2, 0.25) is 5.15 Å². The molecule has 0 unspecified atom stereocenters. The van der Waals surface area contributed by atoms with Gasteiger partial charge in [0, 0.05) is 30.1 Å². The number of hydrogen-bond donors (Lipinski definition) is 0.